The second-order valence-electron chi connectivity index (χ2n) is 9.02. The van der Waals surface area contributed by atoms with E-state index in [0.29, 0.717) is 10.6 Å². The average Bonchev–Trinajstić information content (AvgIpc) is 3.50. The number of thiophene rings is 1. The van der Waals surface area contributed by atoms with E-state index < -0.39 is 23.4 Å². The smallest absolute Gasteiger partial charge is 0.238 e. The summed E-state index contributed by atoms with van der Waals surface area (Å²) >= 11 is 1.35. The van der Waals surface area contributed by atoms with Gasteiger partial charge < -0.3 is 10.2 Å². The number of hydrogen-bond donors (Lipinski definition) is 1. The van der Waals surface area contributed by atoms with Crippen molar-refractivity contribution in [2.45, 2.75) is 31.3 Å². The Morgan fingerprint density at radius 1 is 1.09 bits per heavy atom. The van der Waals surface area contributed by atoms with Gasteiger partial charge in [-0.15, -0.1) is 11.3 Å². The first kappa shape index (κ1) is 20.1. The zero-order chi connectivity index (χ0) is 22.9. The Kier molecular flexibility index (Phi) is 4.26. The van der Waals surface area contributed by atoms with Gasteiger partial charge in [-0.1, -0.05) is 48.0 Å². The van der Waals surface area contributed by atoms with Crippen molar-refractivity contribution >= 4 is 46.3 Å². The summed E-state index contributed by atoms with van der Waals surface area (Å²) in [4.78, 5) is 43.8. The quantitative estimate of drug-likeness (QED) is 0.587. The Labute approximate surface area is 195 Å². The maximum absolute atomic E-state index is 14.1. The van der Waals surface area contributed by atoms with Crippen LogP contribution in [0.25, 0.3) is 6.08 Å². The van der Waals surface area contributed by atoms with Crippen molar-refractivity contribution in [3.8, 4) is 0 Å². The predicted octanol–water partition coefficient (Wildman–Crippen LogP) is 4.62. The van der Waals surface area contributed by atoms with Crippen LogP contribution < -0.4 is 10.2 Å². The molecule has 0 aliphatic carbocycles. The van der Waals surface area contributed by atoms with Gasteiger partial charge in [0, 0.05) is 11.4 Å². The van der Waals surface area contributed by atoms with E-state index in [2.05, 4.69) is 11.4 Å². The van der Waals surface area contributed by atoms with Crippen LogP contribution in [-0.4, -0.2) is 29.6 Å². The number of carbonyl (C=O) groups excluding carboxylic acids is 3. The van der Waals surface area contributed by atoms with Gasteiger partial charge >= 0.3 is 0 Å². The molecule has 1 N–H and O–H groups in total. The highest BCUT2D eigenvalue weighted by molar-refractivity contribution is 7.12. The van der Waals surface area contributed by atoms with Gasteiger partial charge in [0.25, 0.3) is 0 Å². The molecule has 5 nitrogen and oxygen atoms in total. The van der Waals surface area contributed by atoms with Crippen molar-refractivity contribution in [3.05, 3.63) is 87.6 Å². The molecule has 6 heteroatoms. The summed E-state index contributed by atoms with van der Waals surface area (Å²) in [6.07, 6.45) is 4.02. The molecule has 1 amide bonds. The number of para-hydroxylation sites is 1. The normalized spacial score (nSPS) is 26.7. The van der Waals surface area contributed by atoms with Crippen LogP contribution in [0.5, 0.6) is 0 Å². The molecule has 3 aliphatic heterocycles. The van der Waals surface area contributed by atoms with Crippen LogP contribution in [0.15, 0.2) is 66.1 Å². The topological polar surface area (TPSA) is 66.5 Å². The molecular weight excluding hydrogens is 432 g/mol. The summed E-state index contributed by atoms with van der Waals surface area (Å²) < 4.78 is 0. The first-order valence-corrected chi connectivity index (χ1v) is 11.9. The molecule has 0 radical (unpaired) electrons. The van der Waals surface area contributed by atoms with Crippen molar-refractivity contribution in [3.63, 3.8) is 0 Å². The highest BCUT2D eigenvalue weighted by atomic mass is 32.1. The lowest BCUT2D eigenvalue weighted by molar-refractivity contribution is -0.122. The standard InChI is InChI=1S/C27H22N2O3S/c1-15-9-11-20-17(14-15)10-12-22-27(18-6-3-4-7-19(18)28-26(27)32)23(24(16(2)30)29(20)22)25(31)21-8-5-13-33-21/h3-14,22-24H,1-2H3,(H,28,32)/t22-,23+,24+,27-/m0/s1. The van der Waals surface area contributed by atoms with E-state index in [1.165, 1.54) is 18.3 Å². The minimum atomic E-state index is -1.20. The minimum absolute atomic E-state index is 0.120. The lowest BCUT2D eigenvalue weighted by Gasteiger charge is -2.37. The highest BCUT2D eigenvalue weighted by Gasteiger charge is 2.69. The molecule has 6 rings (SSSR count). The zero-order valence-electron chi connectivity index (χ0n) is 18.2. The van der Waals surface area contributed by atoms with Crippen LogP contribution in [0.1, 0.15) is 33.3 Å². The van der Waals surface area contributed by atoms with Gasteiger partial charge in [-0.3, -0.25) is 14.4 Å². The fourth-order valence-corrected chi connectivity index (χ4v) is 6.73. The molecule has 0 bridgehead atoms. The summed E-state index contributed by atoms with van der Waals surface area (Å²) in [7, 11) is 0. The average molecular weight is 455 g/mol. The van der Waals surface area contributed by atoms with Crippen LogP contribution in [0.4, 0.5) is 11.4 Å². The van der Waals surface area contributed by atoms with Crippen LogP contribution in [-0.2, 0) is 15.0 Å². The molecule has 1 spiro atoms. The number of aryl methyl sites for hydroxylation is 1. The first-order chi connectivity index (χ1) is 15.9. The monoisotopic (exact) mass is 454 g/mol. The summed E-state index contributed by atoms with van der Waals surface area (Å²) in [5.41, 5.74) is 3.27. The van der Waals surface area contributed by atoms with Crippen molar-refractivity contribution in [1.82, 2.24) is 0 Å². The summed E-state index contributed by atoms with van der Waals surface area (Å²) in [6, 6.07) is 16.0. The van der Waals surface area contributed by atoms with Crippen LogP contribution >= 0.6 is 11.3 Å². The Balaban J connectivity index is 1.67. The van der Waals surface area contributed by atoms with E-state index in [1.807, 2.05) is 71.8 Å². The molecule has 0 unspecified atom stereocenters. The van der Waals surface area contributed by atoms with E-state index in [-0.39, 0.29) is 17.5 Å². The van der Waals surface area contributed by atoms with Gasteiger partial charge in [-0.2, -0.15) is 0 Å². The van der Waals surface area contributed by atoms with E-state index in [4.69, 9.17) is 0 Å². The number of anilines is 2. The molecule has 164 valence electrons. The molecule has 1 saturated heterocycles. The molecule has 3 aliphatic rings. The molecule has 2 aromatic carbocycles. The minimum Gasteiger partial charge on any atom is -0.352 e. The molecule has 4 heterocycles. The van der Waals surface area contributed by atoms with Crippen LogP contribution in [0.3, 0.4) is 0 Å². The van der Waals surface area contributed by atoms with Crippen molar-refractivity contribution in [1.29, 1.82) is 0 Å². The van der Waals surface area contributed by atoms with Gasteiger partial charge in [0.2, 0.25) is 5.91 Å². The van der Waals surface area contributed by atoms with Crippen molar-refractivity contribution < 1.29 is 14.4 Å². The molecule has 0 saturated carbocycles. The number of ketones is 2. The van der Waals surface area contributed by atoms with E-state index in [9.17, 15) is 14.4 Å². The third-order valence-electron chi connectivity index (χ3n) is 7.25. The van der Waals surface area contributed by atoms with Gasteiger partial charge in [-0.25, -0.2) is 0 Å². The molecule has 33 heavy (non-hydrogen) atoms. The largest absolute Gasteiger partial charge is 0.352 e. The fraction of sp³-hybridized carbons (Fsp3) is 0.222. The number of Topliss-reactive ketones (excluding diaryl/α,β-unsaturated/α-hetero) is 2. The number of rotatable bonds is 3. The van der Waals surface area contributed by atoms with E-state index in [0.717, 1.165) is 22.4 Å². The van der Waals surface area contributed by atoms with Gasteiger partial charge in [-0.05, 0) is 54.6 Å². The Morgan fingerprint density at radius 3 is 2.67 bits per heavy atom. The number of hydrogen-bond acceptors (Lipinski definition) is 5. The summed E-state index contributed by atoms with van der Waals surface area (Å²) in [5, 5.41) is 4.88. The fourth-order valence-electron chi connectivity index (χ4n) is 6.02. The number of nitrogens with one attached hydrogen (secondary N) is 1. The zero-order valence-corrected chi connectivity index (χ0v) is 19.1. The van der Waals surface area contributed by atoms with Gasteiger partial charge in [0.1, 0.15) is 5.41 Å². The third-order valence-corrected chi connectivity index (χ3v) is 8.14. The lowest BCUT2D eigenvalue weighted by Crippen LogP contribution is -2.51. The van der Waals surface area contributed by atoms with Crippen molar-refractivity contribution in [2.24, 2.45) is 5.92 Å². The number of amides is 1. The van der Waals surface area contributed by atoms with Crippen LogP contribution in [0, 0.1) is 12.8 Å². The predicted molar refractivity (Wildman–Crippen MR) is 130 cm³/mol. The lowest BCUT2D eigenvalue weighted by atomic mass is 9.65. The number of nitrogens with zero attached hydrogens (tertiary/aromatic N) is 1. The summed E-state index contributed by atoms with van der Waals surface area (Å²) in [6.45, 7) is 3.55. The second-order valence-corrected chi connectivity index (χ2v) is 9.96. The number of carbonyl (C=O) groups is 3. The maximum Gasteiger partial charge on any atom is 0.238 e. The SMILES string of the molecule is CC(=O)[C@@H]1[C@H](C(=O)c2cccs2)[C@@]2(C(=O)Nc3ccccc32)[C@@H]2C=Cc3cc(C)ccc3N12. The first-order valence-electron chi connectivity index (χ1n) is 11.0. The molecule has 1 fully saturated rings. The highest BCUT2D eigenvalue weighted by Crippen LogP contribution is 2.57. The van der Waals surface area contributed by atoms with Gasteiger partial charge in [0.15, 0.2) is 11.6 Å². The molecular formula is C27H22N2O3S. The van der Waals surface area contributed by atoms with Crippen LogP contribution in [0.2, 0.25) is 0 Å². The van der Waals surface area contributed by atoms with Crippen molar-refractivity contribution in [2.75, 3.05) is 10.2 Å². The maximum atomic E-state index is 14.1. The molecule has 4 atom stereocenters. The summed E-state index contributed by atoms with van der Waals surface area (Å²) in [5.74, 6) is -1.35. The second kappa shape index (κ2) is 6.99. The van der Waals surface area contributed by atoms with Gasteiger partial charge in [0.05, 0.1) is 22.9 Å². The Bertz CT molecular complexity index is 1360. The third kappa shape index (κ3) is 2.55. The van der Waals surface area contributed by atoms with E-state index >= 15 is 0 Å². The Morgan fingerprint density at radius 2 is 1.91 bits per heavy atom. The number of benzene rings is 2. The van der Waals surface area contributed by atoms with E-state index in [1.54, 1.807) is 6.07 Å². The molecule has 3 aromatic rings. The number of fused-ring (bicyclic) bond motifs is 6. The Hall–Kier alpha value is -3.51. The molecule has 1 aromatic heterocycles.